The molecule has 1 unspecified atom stereocenters. The third-order valence-electron chi connectivity index (χ3n) is 0.439. The van der Waals surface area contributed by atoms with Crippen LogP contribution in [0.2, 0.25) is 0 Å². The highest BCUT2D eigenvalue weighted by atomic mass is 31.1. The molecule has 0 aliphatic rings. The molecule has 0 amide bonds. The normalized spacial score (nSPS) is 14.0. The summed E-state index contributed by atoms with van der Waals surface area (Å²) in [5, 5.41) is 0. The Balaban J connectivity index is 3.17. The van der Waals surface area contributed by atoms with E-state index in [-0.39, 0.29) is 8.58 Å². The Bertz CT molecular complexity index is 38.5. The van der Waals surface area contributed by atoms with E-state index in [2.05, 4.69) is 0 Å². The lowest BCUT2D eigenvalue weighted by molar-refractivity contribution is 0.125. The van der Waals surface area contributed by atoms with Gasteiger partial charge in [0.15, 0.2) is 0 Å². The van der Waals surface area contributed by atoms with E-state index >= 15 is 0 Å². The van der Waals surface area contributed by atoms with Gasteiger partial charge in [0, 0.05) is 6.92 Å². The predicted octanol–water partition coefficient (Wildman–Crippen LogP) is 1.91. The quantitative estimate of drug-likeness (QED) is 0.454. The van der Waals surface area contributed by atoms with Crippen molar-refractivity contribution < 1.29 is 8.78 Å². The molecule has 0 radical (unpaired) electrons. The van der Waals surface area contributed by atoms with Crippen molar-refractivity contribution in [3.8, 4) is 0 Å². The molecule has 0 fully saturated rings. The van der Waals surface area contributed by atoms with Gasteiger partial charge in [-0.25, -0.2) is 8.78 Å². The molecule has 6 heavy (non-hydrogen) atoms. The van der Waals surface area contributed by atoms with E-state index in [0.717, 1.165) is 6.92 Å². The van der Waals surface area contributed by atoms with Gasteiger partial charge in [-0.3, -0.25) is 0 Å². The molecule has 0 spiro atoms. The summed E-state index contributed by atoms with van der Waals surface area (Å²) in [6, 6.07) is 0. The number of rotatable bonds is 1. The summed E-state index contributed by atoms with van der Waals surface area (Å²) in [5.74, 6) is 0. The largest absolute Gasteiger partial charge is 0.258 e. The van der Waals surface area contributed by atoms with Crippen LogP contribution in [-0.2, 0) is 0 Å². The summed E-state index contributed by atoms with van der Waals surface area (Å²) in [6.45, 7) is 2.41. The molecule has 3 heteroatoms. The second kappa shape index (κ2) is 1.83. The summed E-state index contributed by atoms with van der Waals surface area (Å²) in [4.78, 5) is 0. The van der Waals surface area contributed by atoms with E-state index < -0.39 is 5.66 Å². The average molecular weight is 112 g/mol. The van der Waals surface area contributed by atoms with Crippen molar-refractivity contribution in [2.45, 2.75) is 12.6 Å². The van der Waals surface area contributed by atoms with Crippen molar-refractivity contribution in [2.24, 2.45) is 0 Å². The molecule has 0 nitrogen and oxygen atoms in total. The Morgan fingerprint density at radius 3 is 1.67 bits per heavy atom. The Morgan fingerprint density at radius 2 is 1.67 bits per heavy atom. The first kappa shape index (κ1) is 6.29. The smallest absolute Gasteiger partial charge is 0.203 e. The molecule has 0 aromatic heterocycles. The van der Waals surface area contributed by atoms with Crippen molar-refractivity contribution in [2.75, 3.05) is 6.66 Å². The van der Waals surface area contributed by atoms with Crippen LogP contribution < -0.4 is 0 Å². The van der Waals surface area contributed by atoms with Crippen molar-refractivity contribution in [3.63, 3.8) is 0 Å². The van der Waals surface area contributed by atoms with Crippen molar-refractivity contribution >= 4 is 8.58 Å². The lowest BCUT2D eigenvalue weighted by Crippen LogP contribution is -1.96. The minimum atomic E-state index is -2.43. The molecule has 0 aliphatic heterocycles. The van der Waals surface area contributed by atoms with Gasteiger partial charge in [0.05, 0.1) is 0 Å². The Hall–Kier alpha value is 0.290. The molecule has 0 N–H and O–H groups in total. The topological polar surface area (TPSA) is 0 Å². The highest BCUT2D eigenvalue weighted by Gasteiger charge is 2.15. The van der Waals surface area contributed by atoms with Gasteiger partial charge >= 0.3 is 0 Å². The number of hydrogen-bond donors (Lipinski definition) is 0. The molecule has 1 atom stereocenters. The van der Waals surface area contributed by atoms with Crippen LogP contribution in [0.3, 0.4) is 0 Å². The van der Waals surface area contributed by atoms with Gasteiger partial charge in [-0.1, -0.05) is 8.58 Å². The summed E-state index contributed by atoms with van der Waals surface area (Å²) < 4.78 is 22.9. The number of hydrogen-bond acceptors (Lipinski definition) is 0. The monoisotopic (exact) mass is 112 g/mol. The molecule has 0 aromatic rings. The minimum absolute atomic E-state index is 0.266. The number of halogens is 2. The van der Waals surface area contributed by atoms with Gasteiger partial charge in [0.1, 0.15) is 0 Å². The molecule has 0 rings (SSSR count). The van der Waals surface area contributed by atoms with Gasteiger partial charge in [0.2, 0.25) is 0 Å². The first-order chi connectivity index (χ1) is 2.56. The van der Waals surface area contributed by atoms with E-state index in [4.69, 9.17) is 0 Å². The van der Waals surface area contributed by atoms with Crippen LogP contribution in [0.5, 0.6) is 0 Å². The van der Waals surface area contributed by atoms with E-state index in [9.17, 15) is 8.78 Å². The van der Waals surface area contributed by atoms with Crippen LogP contribution in [-0.4, -0.2) is 12.3 Å². The first-order valence-electron chi connectivity index (χ1n) is 1.63. The summed E-state index contributed by atoms with van der Waals surface area (Å²) >= 11 is 0. The molecular formula is C3H7F2P. The fourth-order valence-electron chi connectivity index (χ4n) is 0. The van der Waals surface area contributed by atoms with Crippen molar-refractivity contribution in [1.29, 1.82) is 0 Å². The van der Waals surface area contributed by atoms with Crippen LogP contribution in [0.15, 0.2) is 0 Å². The standard InChI is InChI=1S/C3H7F2P/c1-3(4,5)6-2/h6H,1-2H3. The first-order valence-corrected chi connectivity index (χ1v) is 3.13. The van der Waals surface area contributed by atoms with E-state index in [1.54, 1.807) is 0 Å². The molecule has 0 saturated carbocycles. The van der Waals surface area contributed by atoms with Crippen LogP contribution >= 0.6 is 8.58 Å². The maximum absolute atomic E-state index is 11.5. The second-order valence-corrected chi connectivity index (χ2v) is 2.52. The van der Waals surface area contributed by atoms with Crippen LogP contribution in [0.25, 0.3) is 0 Å². The fraction of sp³-hybridized carbons (Fsp3) is 1.00. The van der Waals surface area contributed by atoms with E-state index in [1.807, 2.05) is 0 Å². The average Bonchev–Trinajstić information content (AvgIpc) is 1.35. The van der Waals surface area contributed by atoms with Crippen LogP contribution in [0.4, 0.5) is 8.78 Å². The zero-order chi connectivity index (χ0) is 5.21. The summed E-state index contributed by atoms with van der Waals surface area (Å²) in [6.07, 6.45) is 0. The Morgan fingerprint density at radius 1 is 1.50 bits per heavy atom. The molecule has 0 bridgehead atoms. The SMILES string of the molecule is CPC(C)(F)F. The third-order valence-corrected chi connectivity index (χ3v) is 1.32. The molecule has 0 aliphatic carbocycles. The Labute approximate surface area is 37.7 Å². The molecular weight excluding hydrogens is 105 g/mol. The van der Waals surface area contributed by atoms with Gasteiger partial charge in [-0.2, -0.15) is 0 Å². The van der Waals surface area contributed by atoms with Crippen LogP contribution in [0, 0.1) is 0 Å². The summed E-state index contributed by atoms with van der Waals surface area (Å²) in [5.41, 5.74) is -2.43. The minimum Gasteiger partial charge on any atom is -0.203 e. The maximum Gasteiger partial charge on any atom is 0.258 e. The zero-order valence-corrected chi connectivity index (χ0v) is 4.76. The van der Waals surface area contributed by atoms with E-state index in [1.165, 1.54) is 6.66 Å². The van der Waals surface area contributed by atoms with Gasteiger partial charge in [-0.15, -0.1) is 0 Å². The van der Waals surface area contributed by atoms with Crippen molar-refractivity contribution in [3.05, 3.63) is 0 Å². The molecule has 0 heterocycles. The van der Waals surface area contributed by atoms with Gasteiger partial charge < -0.3 is 0 Å². The maximum atomic E-state index is 11.5. The Kier molecular flexibility index (Phi) is 1.92. The fourth-order valence-corrected chi connectivity index (χ4v) is 0. The molecule has 0 aromatic carbocycles. The van der Waals surface area contributed by atoms with Gasteiger partial charge in [0.25, 0.3) is 5.66 Å². The predicted molar refractivity (Wildman–Crippen MR) is 24.9 cm³/mol. The third kappa shape index (κ3) is 4.29. The molecule has 0 saturated heterocycles. The zero-order valence-electron chi connectivity index (χ0n) is 3.76. The number of alkyl halides is 2. The highest BCUT2D eigenvalue weighted by Crippen LogP contribution is 2.30. The lowest BCUT2D eigenvalue weighted by Gasteiger charge is -2.02. The van der Waals surface area contributed by atoms with E-state index in [0.29, 0.717) is 0 Å². The van der Waals surface area contributed by atoms with Crippen LogP contribution in [0.1, 0.15) is 6.92 Å². The van der Waals surface area contributed by atoms with Crippen molar-refractivity contribution in [1.82, 2.24) is 0 Å². The highest BCUT2D eigenvalue weighted by molar-refractivity contribution is 7.38. The lowest BCUT2D eigenvalue weighted by atomic mass is 10.9. The second-order valence-electron chi connectivity index (χ2n) is 1.14. The summed E-state index contributed by atoms with van der Waals surface area (Å²) in [7, 11) is -0.266. The van der Waals surface area contributed by atoms with Gasteiger partial charge in [-0.05, 0) is 6.66 Å². The molecule has 38 valence electrons.